The summed E-state index contributed by atoms with van der Waals surface area (Å²) in [6, 6.07) is 3.14. The number of hydrogen-bond acceptors (Lipinski definition) is 5. The maximum absolute atomic E-state index is 13.9. The molecule has 0 amide bonds. The fourth-order valence-corrected chi connectivity index (χ4v) is 3.95. The molecule has 0 fully saturated rings. The van der Waals surface area contributed by atoms with Gasteiger partial charge in [0.2, 0.25) is 5.82 Å². The molecule has 0 heterocycles. The van der Waals surface area contributed by atoms with Gasteiger partial charge in [0, 0.05) is 11.6 Å². The number of rotatable bonds is 6. The van der Waals surface area contributed by atoms with E-state index in [0.717, 1.165) is 18.2 Å². The van der Waals surface area contributed by atoms with Crippen molar-refractivity contribution in [3.05, 3.63) is 39.7 Å². The average Bonchev–Trinajstić information content (AvgIpc) is 2.29. The molecule has 0 saturated heterocycles. The van der Waals surface area contributed by atoms with Crippen LogP contribution in [0.4, 0.5) is 10.1 Å². The lowest BCUT2D eigenvalue weighted by atomic mass is 10.1. The summed E-state index contributed by atoms with van der Waals surface area (Å²) in [5, 5.41) is 17.9. The number of nitro groups is 1. The van der Waals surface area contributed by atoms with Gasteiger partial charge in [0.05, 0.1) is 10.7 Å². The van der Waals surface area contributed by atoms with Crippen molar-refractivity contribution < 1.29 is 27.6 Å². The first-order chi connectivity index (χ1) is 9.58. The van der Waals surface area contributed by atoms with E-state index in [1.54, 1.807) is 0 Å². The average molecular weight is 319 g/mol. The summed E-state index contributed by atoms with van der Waals surface area (Å²) in [5.74, 6) is -4.42. The van der Waals surface area contributed by atoms with Gasteiger partial charge in [-0.25, -0.2) is 8.42 Å². The number of carbonyl (C=O) groups is 1. The highest BCUT2D eigenvalue weighted by molar-refractivity contribution is 7.92. The summed E-state index contributed by atoms with van der Waals surface area (Å²) in [6.45, 7) is 2.83. The van der Waals surface area contributed by atoms with E-state index in [9.17, 15) is 27.7 Å². The predicted molar refractivity (Wildman–Crippen MR) is 71.9 cm³/mol. The van der Waals surface area contributed by atoms with E-state index >= 15 is 0 Å². The second-order valence-electron chi connectivity index (χ2n) is 4.82. The smallest absolute Gasteiger partial charge is 0.322 e. The van der Waals surface area contributed by atoms with Crippen LogP contribution < -0.4 is 0 Å². The van der Waals surface area contributed by atoms with Gasteiger partial charge in [0.15, 0.2) is 15.1 Å². The number of halogens is 1. The number of hydrogen-bond donors (Lipinski definition) is 1. The fraction of sp³-hybridized carbons (Fsp3) is 0.417. The molecule has 1 atom stereocenters. The summed E-state index contributed by atoms with van der Waals surface area (Å²) < 4.78 is 38.1. The van der Waals surface area contributed by atoms with Crippen molar-refractivity contribution in [2.45, 2.75) is 24.9 Å². The predicted octanol–water partition coefficient (Wildman–Crippen LogP) is 1.76. The minimum Gasteiger partial charge on any atom is -0.480 e. The number of sulfone groups is 1. The minimum atomic E-state index is -4.20. The highest BCUT2D eigenvalue weighted by Crippen LogP contribution is 2.24. The lowest BCUT2D eigenvalue weighted by Gasteiger charge is -2.17. The SMILES string of the molecule is CC(C)C(C(=O)O)S(=O)(=O)Cc1cccc([N+](=O)[O-])c1F. The number of carboxylic acid groups (broad SMARTS) is 1. The third-order valence-corrected chi connectivity index (χ3v) is 5.08. The monoisotopic (exact) mass is 319 g/mol. The first-order valence-corrected chi connectivity index (χ1v) is 7.65. The van der Waals surface area contributed by atoms with E-state index in [-0.39, 0.29) is 0 Å². The van der Waals surface area contributed by atoms with E-state index in [0.29, 0.717) is 0 Å². The number of aliphatic carboxylic acids is 1. The van der Waals surface area contributed by atoms with Gasteiger partial charge in [-0.1, -0.05) is 26.0 Å². The molecule has 0 aliphatic heterocycles. The van der Waals surface area contributed by atoms with Crippen molar-refractivity contribution in [3.8, 4) is 0 Å². The van der Waals surface area contributed by atoms with E-state index in [1.165, 1.54) is 13.8 Å². The summed E-state index contributed by atoms with van der Waals surface area (Å²) in [5.41, 5.74) is -1.27. The lowest BCUT2D eigenvalue weighted by Crippen LogP contribution is -2.36. The summed E-state index contributed by atoms with van der Waals surface area (Å²) >= 11 is 0. The molecule has 1 aromatic carbocycles. The van der Waals surface area contributed by atoms with Crippen molar-refractivity contribution in [3.63, 3.8) is 0 Å². The molecule has 1 unspecified atom stereocenters. The topological polar surface area (TPSA) is 115 Å². The highest BCUT2D eigenvalue weighted by Gasteiger charge is 2.36. The van der Waals surface area contributed by atoms with E-state index in [2.05, 4.69) is 0 Å². The van der Waals surface area contributed by atoms with Gasteiger partial charge in [-0.2, -0.15) is 4.39 Å². The molecule has 1 aromatic rings. The van der Waals surface area contributed by atoms with Gasteiger partial charge in [-0.15, -0.1) is 0 Å². The maximum Gasteiger partial charge on any atom is 0.322 e. The fourth-order valence-electron chi connectivity index (χ4n) is 1.98. The maximum atomic E-state index is 13.9. The van der Waals surface area contributed by atoms with Crippen LogP contribution >= 0.6 is 0 Å². The number of nitro benzene ring substituents is 1. The van der Waals surface area contributed by atoms with Gasteiger partial charge in [-0.3, -0.25) is 14.9 Å². The Labute approximate surface area is 120 Å². The number of carboxylic acids is 1. The zero-order chi connectivity index (χ0) is 16.4. The van der Waals surface area contributed by atoms with Crippen molar-refractivity contribution in [1.82, 2.24) is 0 Å². The summed E-state index contributed by atoms with van der Waals surface area (Å²) in [4.78, 5) is 20.7. The molecule has 1 rings (SSSR count). The molecule has 0 aromatic heterocycles. The van der Waals surface area contributed by atoms with E-state index in [1.807, 2.05) is 0 Å². The Hall–Kier alpha value is -2.03. The normalized spacial score (nSPS) is 13.1. The zero-order valence-electron chi connectivity index (χ0n) is 11.3. The second-order valence-corrected chi connectivity index (χ2v) is 6.94. The molecule has 1 N–H and O–H groups in total. The standard InChI is InChI=1S/C12H14FNO6S/c1-7(2)11(12(15)16)21(19,20)6-8-4-3-5-9(10(8)13)14(17)18/h3-5,7,11H,6H2,1-2H3,(H,15,16). The van der Waals surface area contributed by atoms with Crippen LogP contribution in [0.15, 0.2) is 18.2 Å². The molecule has 0 aliphatic carbocycles. The van der Waals surface area contributed by atoms with Gasteiger partial charge < -0.3 is 5.11 Å². The van der Waals surface area contributed by atoms with E-state index in [4.69, 9.17) is 5.11 Å². The zero-order valence-corrected chi connectivity index (χ0v) is 12.1. The van der Waals surface area contributed by atoms with Crippen LogP contribution in [-0.4, -0.2) is 29.7 Å². The van der Waals surface area contributed by atoms with Gasteiger partial charge in [-0.05, 0) is 5.92 Å². The third-order valence-electron chi connectivity index (χ3n) is 2.85. The number of nitrogens with zero attached hydrogens (tertiary/aromatic N) is 1. The molecule has 7 nitrogen and oxygen atoms in total. The molecule has 0 radical (unpaired) electrons. The van der Waals surface area contributed by atoms with Crippen LogP contribution in [0.3, 0.4) is 0 Å². The first kappa shape index (κ1) is 17.0. The first-order valence-electron chi connectivity index (χ1n) is 5.94. The Morgan fingerprint density at radius 1 is 1.43 bits per heavy atom. The Kier molecular flexibility index (Phi) is 5.00. The van der Waals surface area contributed by atoms with Gasteiger partial charge in [0.1, 0.15) is 0 Å². The second kappa shape index (κ2) is 6.17. The van der Waals surface area contributed by atoms with Crippen LogP contribution in [0, 0.1) is 21.8 Å². The number of benzene rings is 1. The summed E-state index contributed by atoms with van der Waals surface area (Å²) in [6.07, 6.45) is 0. The molecule has 0 aliphatic rings. The minimum absolute atomic E-state index is 0.420. The molecule has 0 bridgehead atoms. The molecule has 0 saturated carbocycles. The van der Waals surface area contributed by atoms with Crippen LogP contribution in [0.25, 0.3) is 0 Å². The molecular weight excluding hydrogens is 305 g/mol. The Morgan fingerprint density at radius 3 is 2.43 bits per heavy atom. The van der Waals surface area contributed by atoms with Gasteiger partial charge >= 0.3 is 11.7 Å². The molecule has 9 heteroatoms. The van der Waals surface area contributed by atoms with Crippen LogP contribution in [-0.2, 0) is 20.4 Å². The molecular formula is C12H14FNO6S. The quantitative estimate of drug-likeness (QED) is 0.631. The highest BCUT2D eigenvalue weighted by atomic mass is 32.2. The third kappa shape index (κ3) is 3.75. The van der Waals surface area contributed by atoms with Gasteiger partial charge in [0.25, 0.3) is 0 Å². The van der Waals surface area contributed by atoms with Crippen LogP contribution in [0.2, 0.25) is 0 Å². The summed E-state index contributed by atoms with van der Waals surface area (Å²) in [7, 11) is -4.20. The van der Waals surface area contributed by atoms with Crippen LogP contribution in [0.5, 0.6) is 0 Å². The largest absolute Gasteiger partial charge is 0.480 e. The lowest BCUT2D eigenvalue weighted by molar-refractivity contribution is -0.387. The van der Waals surface area contributed by atoms with Crippen LogP contribution in [0.1, 0.15) is 19.4 Å². The van der Waals surface area contributed by atoms with Crippen molar-refractivity contribution in [2.24, 2.45) is 5.92 Å². The molecule has 0 spiro atoms. The van der Waals surface area contributed by atoms with E-state index < -0.39 is 54.7 Å². The van der Waals surface area contributed by atoms with Crippen molar-refractivity contribution in [1.29, 1.82) is 0 Å². The van der Waals surface area contributed by atoms with Crippen molar-refractivity contribution in [2.75, 3.05) is 0 Å². The van der Waals surface area contributed by atoms with Crippen molar-refractivity contribution >= 4 is 21.5 Å². The Balaban J connectivity index is 3.24. The Morgan fingerprint density at radius 2 is 2.00 bits per heavy atom. The Bertz CT molecular complexity index is 670. The molecule has 21 heavy (non-hydrogen) atoms. The molecule has 116 valence electrons.